The number of hydrogen-bond acceptors (Lipinski definition) is 4. The summed E-state index contributed by atoms with van der Waals surface area (Å²) in [7, 11) is 1.71. The molecule has 4 nitrogen and oxygen atoms in total. The number of hydrogen-bond donors (Lipinski definition) is 1. The minimum Gasteiger partial charge on any atom is -0.382 e. The van der Waals surface area contributed by atoms with Crippen molar-refractivity contribution in [3.05, 3.63) is 30.1 Å². The predicted octanol–water partition coefficient (Wildman–Crippen LogP) is 1.41. The van der Waals surface area contributed by atoms with Gasteiger partial charge in [-0.2, -0.15) is 0 Å². The Morgan fingerprint density at radius 3 is 3.00 bits per heavy atom. The van der Waals surface area contributed by atoms with Crippen molar-refractivity contribution in [2.75, 3.05) is 26.9 Å². The van der Waals surface area contributed by atoms with Crippen molar-refractivity contribution in [3.8, 4) is 0 Å². The fraction of sp³-hybridized carbons (Fsp3) is 0.643. The van der Waals surface area contributed by atoms with Gasteiger partial charge in [0.2, 0.25) is 0 Å². The second kappa shape index (κ2) is 7.46. The zero-order valence-electron chi connectivity index (χ0n) is 11.0. The van der Waals surface area contributed by atoms with Gasteiger partial charge in [-0.15, -0.1) is 0 Å². The number of ether oxygens (including phenoxy) is 2. The van der Waals surface area contributed by atoms with Crippen LogP contribution in [0.3, 0.4) is 0 Å². The molecule has 0 aromatic carbocycles. The molecule has 2 rings (SSSR count). The fourth-order valence-electron chi connectivity index (χ4n) is 1.81. The topological polar surface area (TPSA) is 43.4 Å². The Labute approximate surface area is 109 Å². The highest BCUT2D eigenvalue weighted by Crippen LogP contribution is 2.18. The Hall–Kier alpha value is -0.970. The Kier molecular flexibility index (Phi) is 5.58. The summed E-state index contributed by atoms with van der Waals surface area (Å²) in [6, 6.07) is 6.67. The molecule has 1 atom stereocenters. The van der Waals surface area contributed by atoms with Gasteiger partial charge in [-0.25, -0.2) is 0 Å². The van der Waals surface area contributed by atoms with Crippen LogP contribution in [-0.2, 0) is 15.9 Å². The molecule has 18 heavy (non-hydrogen) atoms. The molecule has 0 radical (unpaired) electrons. The van der Waals surface area contributed by atoms with E-state index < -0.39 is 0 Å². The average molecular weight is 250 g/mol. The number of aromatic nitrogens is 1. The molecule has 1 aliphatic carbocycles. The van der Waals surface area contributed by atoms with Crippen LogP contribution < -0.4 is 5.32 Å². The van der Waals surface area contributed by atoms with Crippen molar-refractivity contribution in [3.63, 3.8) is 0 Å². The van der Waals surface area contributed by atoms with Crippen molar-refractivity contribution >= 4 is 0 Å². The summed E-state index contributed by atoms with van der Waals surface area (Å²) in [5, 5.41) is 3.47. The Morgan fingerprint density at radius 1 is 1.44 bits per heavy atom. The predicted molar refractivity (Wildman–Crippen MR) is 70.6 cm³/mol. The summed E-state index contributed by atoms with van der Waals surface area (Å²) < 4.78 is 11.0. The lowest BCUT2D eigenvalue weighted by Crippen LogP contribution is -2.34. The standard InChI is InChI=1S/C14H22N2O2/c1-17-11-14(10-16-13-5-6-13)18-9-7-12-4-2-3-8-15-12/h2-4,8,13-14,16H,5-7,9-11H2,1H3. The second-order valence-corrected chi connectivity index (χ2v) is 4.70. The summed E-state index contributed by atoms with van der Waals surface area (Å²) in [6.07, 6.45) is 5.40. The Bertz CT molecular complexity index is 328. The zero-order valence-corrected chi connectivity index (χ0v) is 11.0. The molecule has 1 aromatic rings. The first kappa shape index (κ1) is 13.5. The third kappa shape index (κ3) is 5.12. The highest BCUT2D eigenvalue weighted by Gasteiger charge is 2.22. The summed E-state index contributed by atoms with van der Waals surface area (Å²) >= 11 is 0. The smallest absolute Gasteiger partial charge is 0.0932 e. The van der Waals surface area contributed by atoms with Gasteiger partial charge < -0.3 is 14.8 Å². The number of methoxy groups -OCH3 is 1. The number of pyridine rings is 1. The molecule has 0 amide bonds. The molecular weight excluding hydrogens is 228 g/mol. The van der Waals surface area contributed by atoms with Crippen LogP contribution in [0.15, 0.2) is 24.4 Å². The molecule has 1 unspecified atom stereocenters. The molecule has 1 aromatic heterocycles. The fourth-order valence-corrected chi connectivity index (χ4v) is 1.81. The van der Waals surface area contributed by atoms with Crippen molar-refractivity contribution in [2.24, 2.45) is 0 Å². The molecule has 1 aliphatic rings. The maximum atomic E-state index is 5.84. The van der Waals surface area contributed by atoms with E-state index in [2.05, 4.69) is 10.3 Å². The van der Waals surface area contributed by atoms with E-state index in [1.165, 1.54) is 12.8 Å². The molecule has 1 fully saturated rings. The van der Waals surface area contributed by atoms with Crippen LogP contribution in [0.5, 0.6) is 0 Å². The van der Waals surface area contributed by atoms with Gasteiger partial charge in [-0.3, -0.25) is 4.98 Å². The molecule has 0 spiro atoms. The lowest BCUT2D eigenvalue weighted by Gasteiger charge is -2.17. The van der Waals surface area contributed by atoms with E-state index >= 15 is 0 Å². The van der Waals surface area contributed by atoms with E-state index in [0.717, 1.165) is 18.7 Å². The van der Waals surface area contributed by atoms with E-state index in [1.807, 2.05) is 24.4 Å². The molecule has 1 heterocycles. The third-order valence-corrected chi connectivity index (χ3v) is 3.00. The Morgan fingerprint density at radius 2 is 2.33 bits per heavy atom. The van der Waals surface area contributed by atoms with Crippen molar-refractivity contribution in [2.45, 2.75) is 31.4 Å². The summed E-state index contributed by atoms with van der Waals surface area (Å²) in [4.78, 5) is 4.28. The van der Waals surface area contributed by atoms with Crippen molar-refractivity contribution in [1.82, 2.24) is 10.3 Å². The van der Waals surface area contributed by atoms with Gasteiger partial charge in [-0.1, -0.05) is 6.07 Å². The zero-order chi connectivity index (χ0) is 12.6. The maximum absolute atomic E-state index is 5.84. The van der Waals surface area contributed by atoms with E-state index in [4.69, 9.17) is 9.47 Å². The van der Waals surface area contributed by atoms with Gasteiger partial charge in [0.25, 0.3) is 0 Å². The highest BCUT2D eigenvalue weighted by molar-refractivity contribution is 5.03. The summed E-state index contributed by atoms with van der Waals surface area (Å²) in [6.45, 7) is 2.21. The minimum absolute atomic E-state index is 0.138. The lowest BCUT2D eigenvalue weighted by molar-refractivity contribution is -0.000000797. The van der Waals surface area contributed by atoms with E-state index in [0.29, 0.717) is 19.3 Å². The maximum Gasteiger partial charge on any atom is 0.0932 e. The second-order valence-electron chi connectivity index (χ2n) is 4.70. The van der Waals surface area contributed by atoms with E-state index in [1.54, 1.807) is 7.11 Å². The molecular formula is C14H22N2O2. The Balaban J connectivity index is 1.64. The van der Waals surface area contributed by atoms with Gasteiger partial charge in [0.1, 0.15) is 0 Å². The van der Waals surface area contributed by atoms with Crippen LogP contribution >= 0.6 is 0 Å². The minimum atomic E-state index is 0.138. The molecule has 0 bridgehead atoms. The molecule has 0 saturated heterocycles. The first-order valence-electron chi connectivity index (χ1n) is 6.62. The molecule has 100 valence electrons. The summed E-state index contributed by atoms with van der Waals surface area (Å²) in [5.41, 5.74) is 1.07. The third-order valence-electron chi connectivity index (χ3n) is 3.00. The largest absolute Gasteiger partial charge is 0.382 e. The SMILES string of the molecule is COCC(CNC1CC1)OCCc1ccccn1. The van der Waals surface area contributed by atoms with Crippen LogP contribution in [0.2, 0.25) is 0 Å². The van der Waals surface area contributed by atoms with Crippen LogP contribution in [0.4, 0.5) is 0 Å². The van der Waals surface area contributed by atoms with Crippen LogP contribution in [0, 0.1) is 0 Å². The first-order valence-corrected chi connectivity index (χ1v) is 6.62. The first-order chi connectivity index (χ1) is 8.88. The average Bonchev–Trinajstić information content (AvgIpc) is 3.21. The van der Waals surface area contributed by atoms with Gasteiger partial charge in [0, 0.05) is 38.0 Å². The lowest BCUT2D eigenvalue weighted by atomic mass is 10.3. The number of nitrogens with zero attached hydrogens (tertiary/aromatic N) is 1. The number of nitrogens with one attached hydrogen (secondary N) is 1. The van der Waals surface area contributed by atoms with Crippen LogP contribution in [0.1, 0.15) is 18.5 Å². The normalized spacial score (nSPS) is 16.7. The highest BCUT2D eigenvalue weighted by atomic mass is 16.5. The van der Waals surface area contributed by atoms with Gasteiger partial charge in [0.15, 0.2) is 0 Å². The number of rotatable bonds is 9. The van der Waals surface area contributed by atoms with Gasteiger partial charge in [-0.05, 0) is 25.0 Å². The quantitative estimate of drug-likeness (QED) is 0.719. The van der Waals surface area contributed by atoms with Crippen LogP contribution in [-0.4, -0.2) is 44.0 Å². The van der Waals surface area contributed by atoms with Crippen molar-refractivity contribution in [1.29, 1.82) is 0 Å². The van der Waals surface area contributed by atoms with Crippen LogP contribution in [0.25, 0.3) is 0 Å². The van der Waals surface area contributed by atoms with E-state index in [9.17, 15) is 0 Å². The molecule has 1 N–H and O–H groups in total. The molecule has 4 heteroatoms. The summed E-state index contributed by atoms with van der Waals surface area (Å²) in [5.74, 6) is 0. The van der Waals surface area contributed by atoms with Gasteiger partial charge >= 0.3 is 0 Å². The molecule has 1 saturated carbocycles. The molecule has 0 aliphatic heterocycles. The van der Waals surface area contributed by atoms with E-state index in [-0.39, 0.29) is 6.10 Å². The monoisotopic (exact) mass is 250 g/mol. The van der Waals surface area contributed by atoms with Crippen molar-refractivity contribution < 1.29 is 9.47 Å². The van der Waals surface area contributed by atoms with Gasteiger partial charge in [0.05, 0.1) is 19.3 Å².